The second kappa shape index (κ2) is 6.97. The largest absolute Gasteiger partial charge is 0.484 e. The molecule has 9 heteroatoms. The number of benzene rings is 1. The Morgan fingerprint density at radius 3 is 2.45 bits per heavy atom. The van der Waals surface area contributed by atoms with Gasteiger partial charge < -0.3 is 4.74 Å². The summed E-state index contributed by atoms with van der Waals surface area (Å²) in [5.74, 6) is 0.987. The SMILES string of the molecule is Cc1cn2c3c(=O)n(C)c(=O)n(C)c3nc2n1-c1ccccc1OCC(=O)C(C)(C)C. The molecule has 3 heterocycles. The van der Waals surface area contributed by atoms with E-state index in [9.17, 15) is 14.4 Å². The number of aromatic nitrogens is 5. The van der Waals surface area contributed by atoms with Crippen LogP contribution in [0, 0.1) is 12.3 Å². The zero-order valence-electron chi connectivity index (χ0n) is 18.5. The van der Waals surface area contributed by atoms with Crippen molar-refractivity contribution in [1.29, 1.82) is 0 Å². The number of carbonyl (C=O) groups excluding carboxylic acids is 1. The van der Waals surface area contributed by atoms with Crippen molar-refractivity contribution in [3.8, 4) is 11.4 Å². The first-order chi connectivity index (χ1) is 14.5. The third-order valence-electron chi connectivity index (χ3n) is 5.44. The predicted octanol–water partition coefficient (Wildman–Crippen LogP) is 1.98. The molecule has 3 aromatic heterocycles. The lowest BCUT2D eigenvalue weighted by atomic mass is 9.91. The molecule has 1 aromatic carbocycles. The van der Waals surface area contributed by atoms with E-state index in [2.05, 4.69) is 4.98 Å². The lowest BCUT2D eigenvalue weighted by molar-refractivity contribution is -0.128. The second-order valence-electron chi connectivity index (χ2n) is 8.70. The van der Waals surface area contributed by atoms with Crippen LogP contribution < -0.4 is 16.0 Å². The molecule has 4 aromatic rings. The summed E-state index contributed by atoms with van der Waals surface area (Å²) in [6.45, 7) is 7.40. The average molecular weight is 423 g/mol. The minimum absolute atomic E-state index is 0.0123. The van der Waals surface area contributed by atoms with Crippen molar-refractivity contribution in [3.05, 3.63) is 57.0 Å². The third kappa shape index (κ3) is 3.17. The van der Waals surface area contributed by atoms with E-state index in [1.807, 2.05) is 50.5 Å². The predicted molar refractivity (Wildman–Crippen MR) is 117 cm³/mol. The van der Waals surface area contributed by atoms with Crippen molar-refractivity contribution in [2.45, 2.75) is 27.7 Å². The zero-order valence-corrected chi connectivity index (χ0v) is 18.5. The summed E-state index contributed by atoms with van der Waals surface area (Å²) < 4.78 is 11.8. The molecule has 162 valence electrons. The first kappa shape index (κ1) is 20.6. The fraction of sp³-hybridized carbons (Fsp3) is 0.364. The number of hydrogen-bond donors (Lipinski definition) is 0. The van der Waals surface area contributed by atoms with Gasteiger partial charge in [0.25, 0.3) is 5.56 Å². The van der Waals surface area contributed by atoms with Gasteiger partial charge in [-0.15, -0.1) is 0 Å². The molecule has 0 aliphatic heterocycles. The van der Waals surface area contributed by atoms with Gasteiger partial charge in [0.1, 0.15) is 12.4 Å². The van der Waals surface area contributed by atoms with E-state index in [0.29, 0.717) is 28.4 Å². The summed E-state index contributed by atoms with van der Waals surface area (Å²) in [5.41, 5.74) is 0.777. The van der Waals surface area contributed by atoms with Crippen molar-refractivity contribution in [1.82, 2.24) is 23.1 Å². The molecule has 0 aliphatic carbocycles. The average Bonchev–Trinajstić information content (AvgIpc) is 3.23. The van der Waals surface area contributed by atoms with Crippen LogP contribution >= 0.6 is 0 Å². The summed E-state index contributed by atoms with van der Waals surface area (Å²) in [6.07, 6.45) is 1.80. The van der Waals surface area contributed by atoms with Crippen LogP contribution in [0.25, 0.3) is 22.6 Å². The number of imidazole rings is 2. The lowest BCUT2D eigenvalue weighted by Crippen LogP contribution is -2.37. The molecule has 9 nitrogen and oxygen atoms in total. The molecule has 0 aliphatic rings. The van der Waals surface area contributed by atoms with Crippen LogP contribution in [0.1, 0.15) is 26.5 Å². The van der Waals surface area contributed by atoms with Gasteiger partial charge >= 0.3 is 5.69 Å². The fourth-order valence-electron chi connectivity index (χ4n) is 3.51. The number of para-hydroxylation sites is 2. The van der Waals surface area contributed by atoms with E-state index in [1.54, 1.807) is 23.7 Å². The van der Waals surface area contributed by atoms with Gasteiger partial charge in [-0.2, -0.15) is 4.98 Å². The van der Waals surface area contributed by atoms with Gasteiger partial charge in [0.15, 0.2) is 16.9 Å². The number of hydrogen-bond acceptors (Lipinski definition) is 5. The van der Waals surface area contributed by atoms with Crippen LogP contribution in [0.4, 0.5) is 0 Å². The number of carbonyl (C=O) groups is 1. The molecule has 0 amide bonds. The number of rotatable bonds is 4. The van der Waals surface area contributed by atoms with Crippen molar-refractivity contribution >= 4 is 22.7 Å². The van der Waals surface area contributed by atoms with Crippen LogP contribution in [-0.2, 0) is 18.9 Å². The maximum Gasteiger partial charge on any atom is 0.332 e. The molecule has 4 rings (SSSR count). The number of ether oxygens (including phenoxy) is 1. The first-order valence-corrected chi connectivity index (χ1v) is 9.94. The molecule has 0 fully saturated rings. The number of nitrogens with zero attached hydrogens (tertiary/aromatic N) is 5. The second-order valence-corrected chi connectivity index (χ2v) is 8.70. The van der Waals surface area contributed by atoms with Crippen LogP contribution in [0.5, 0.6) is 5.75 Å². The molecule has 0 unspecified atom stereocenters. The molecular formula is C22H25N5O4. The van der Waals surface area contributed by atoms with Gasteiger partial charge in [-0.3, -0.25) is 27.7 Å². The van der Waals surface area contributed by atoms with Gasteiger partial charge in [0, 0.05) is 31.4 Å². The molecule has 0 radical (unpaired) electrons. The van der Waals surface area contributed by atoms with Crippen molar-refractivity contribution in [2.24, 2.45) is 19.5 Å². The molecule has 31 heavy (non-hydrogen) atoms. The molecule has 0 saturated carbocycles. The Bertz CT molecular complexity index is 1460. The highest BCUT2D eigenvalue weighted by Gasteiger charge is 2.24. The zero-order chi connectivity index (χ0) is 22.7. The lowest BCUT2D eigenvalue weighted by Gasteiger charge is -2.18. The summed E-state index contributed by atoms with van der Waals surface area (Å²) >= 11 is 0. The van der Waals surface area contributed by atoms with E-state index in [1.165, 1.54) is 11.6 Å². The Morgan fingerprint density at radius 1 is 1.10 bits per heavy atom. The standard InChI is InChI=1S/C22H25N5O4/c1-13-11-26-17-18(24(5)21(30)25(6)19(17)29)23-20(26)27(13)14-9-7-8-10-15(14)31-12-16(28)22(2,3)4/h7-11H,12H2,1-6H3. The van der Waals surface area contributed by atoms with Crippen LogP contribution in [0.2, 0.25) is 0 Å². The Balaban J connectivity index is 1.92. The molecule has 0 bridgehead atoms. The molecule has 0 atom stereocenters. The highest BCUT2D eigenvalue weighted by atomic mass is 16.5. The van der Waals surface area contributed by atoms with Gasteiger partial charge in [-0.05, 0) is 19.1 Å². The molecule has 0 saturated heterocycles. The molecule has 0 N–H and O–H groups in total. The number of ketones is 1. The fourth-order valence-corrected chi connectivity index (χ4v) is 3.51. The quantitative estimate of drug-likeness (QED) is 0.500. The van der Waals surface area contributed by atoms with Crippen molar-refractivity contribution in [3.63, 3.8) is 0 Å². The summed E-state index contributed by atoms with van der Waals surface area (Å²) in [6, 6.07) is 7.35. The summed E-state index contributed by atoms with van der Waals surface area (Å²) in [5, 5.41) is 0. The summed E-state index contributed by atoms with van der Waals surface area (Å²) in [7, 11) is 3.03. The molecule has 0 spiro atoms. The van der Waals surface area contributed by atoms with E-state index in [0.717, 1.165) is 10.3 Å². The van der Waals surface area contributed by atoms with E-state index < -0.39 is 16.7 Å². The van der Waals surface area contributed by atoms with Crippen LogP contribution in [0.15, 0.2) is 40.1 Å². The number of Topliss-reactive ketones (excluding diaryl/α,β-unsaturated/α-hetero) is 1. The Morgan fingerprint density at radius 2 is 1.77 bits per heavy atom. The van der Waals surface area contributed by atoms with Crippen LogP contribution in [-0.4, -0.2) is 35.5 Å². The first-order valence-electron chi connectivity index (χ1n) is 9.94. The highest BCUT2D eigenvalue weighted by molar-refractivity contribution is 5.85. The van der Waals surface area contributed by atoms with E-state index in [4.69, 9.17) is 4.74 Å². The maximum absolute atomic E-state index is 12.8. The van der Waals surface area contributed by atoms with E-state index >= 15 is 0 Å². The van der Waals surface area contributed by atoms with Gasteiger partial charge in [0.05, 0.1) is 5.69 Å². The van der Waals surface area contributed by atoms with E-state index in [-0.39, 0.29) is 12.4 Å². The Hall–Kier alpha value is -3.62. The minimum Gasteiger partial charge on any atom is -0.484 e. The Kier molecular flexibility index (Phi) is 4.64. The van der Waals surface area contributed by atoms with Gasteiger partial charge in [0.2, 0.25) is 5.78 Å². The minimum atomic E-state index is -0.503. The molecular weight excluding hydrogens is 398 g/mol. The van der Waals surface area contributed by atoms with Gasteiger partial charge in [-0.1, -0.05) is 32.9 Å². The Labute approximate surface area is 178 Å². The number of aryl methyl sites for hydroxylation is 2. The smallest absolute Gasteiger partial charge is 0.332 e. The maximum atomic E-state index is 12.8. The highest BCUT2D eigenvalue weighted by Crippen LogP contribution is 2.28. The van der Waals surface area contributed by atoms with Crippen molar-refractivity contribution < 1.29 is 9.53 Å². The third-order valence-corrected chi connectivity index (χ3v) is 5.44. The number of fused-ring (bicyclic) bond motifs is 3. The van der Waals surface area contributed by atoms with Gasteiger partial charge in [-0.25, -0.2) is 4.79 Å². The normalized spacial score (nSPS) is 12.1. The topological polar surface area (TPSA) is 92.5 Å². The monoisotopic (exact) mass is 423 g/mol. The summed E-state index contributed by atoms with van der Waals surface area (Å²) in [4.78, 5) is 42.1. The van der Waals surface area contributed by atoms with Crippen molar-refractivity contribution in [2.75, 3.05) is 6.61 Å². The van der Waals surface area contributed by atoms with Crippen LogP contribution in [0.3, 0.4) is 0 Å².